The van der Waals surface area contributed by atoms with Gasteiger partial charge in [-0.2, -0.15) is 0 Å². The lowest BCUT2D eigenvalue weighted by atomic mass is 10.1. The molecule has 1 aromatic carbocycles. The van der Waals surface area contributed by atoms with Gasteiger partial charge < -0.3 is 10.3 Å². The molecule has 0 saturated heterocycles. The summed E-state index contributed by atoms with van der Waals surface area (Å²) in [4.78, 5) is 21.9. The molecule has 0 aliphatic carbocycles. The molecule has 1 unspecified atom stereocenters. The van der Waals surface area contributed by atoms with Crippen molar-refractivity contribution in [2.24, 2.45) is 0 Å². The Balaban J connectivity index is 1.91. The Labute approximate surface area is 139 Å². The number of aromatic amines is 1. The lowest BCUT2D eigenvalue weighted by Gasteiger charge is -2.14. The van der Waals surface area contributed by atoms with Crippen LogP contribution in [0.5, 0.6) is 0 Å². The topological polar surface area (TPSA) is 57.8 Å². The smallest absolute Gasteiger partial charge is 0.259 e. The van der Waals surface area contributed by atoms with Gasteiger partial charge in [0.05, 0.1) is 11.4 Å². The molecule has 3 rings (SSSR count). The van der Waals surface area contributed by atoms with Crippen LogP contribution in [0.2, 0.25) is 0 Å². The molecule has 5 heteroatoms. The maximum atomic E-state index is 12.4. The van der Waals surface area contributed by atoms with Crippen molar-refractivity contribution in [1.82, 2.24) is 9.97 Å². The summed E-state index contributed by atoms with van der Waals surface area (Å²) in [7, 11) is 0. The lowest BCUT2D eigenvalue weighted by molar-refractivity contribution is 0.792. The number of hydrogen-bond donors (Lipinski definition) is 2. The van der Waals surface area contributed by atoms with Crippen LogP contribution < -0.4 is 10.9 Å². The van der Waals surface area contributed by atoms with Crippen molar-refractivity contribution >= 4 is 27.2 Å². The fourth-order valence-electron chi connectivity index (χ4n) is 2.63. The van der Waals surface area contributed by atoms with E-state index in [-0.39, 0.29) is 11.6 Å². The number of anilines is 1. The summed E-state index contributed by atoms with van der Waals surface area (Å²) in [6.07, 6.45) is 1.03. The molecule has 0 aliphatic heterocycles. The molecular weight excluding hydrogens is 306 g/mol. The first-order valence-electron chi connectivity index (χ1n) is 7.85. The first-order valence-corrected chi connectivity index (χ1v) is 8.66. The number of nitrogens with zero attached hydrogens (tertiary/aromatic N) is 1. The van der Waals surface area contributed by atoms with Crippen LogP contribution in [0.15, 0.2) is 29.1 Å². The van der Waals surface area contributed by atoms with Crippen molar-refractivity contribution in [3.05, 3.63) is 56.4 Å². The van der Waals surface area contributed by atoms with Gasteiger partial charge in [-0.15, -0.1) is 11.3 Å². The number of nitrogens with one attached hydrogen (secondary N) is 2. The summed E-state index contributed by atoms with van der Waals surface area (Å²) >= 11 is 1.58. The molecule has 0 bridgehead atoms. The number of rotatable bonds is 4. The zero-order chi connectivity index (χ0) is 16.6. The Morgan fingerprint density at radius 1 is 1.26 bits per heavy atom. The van der Waals surface area contributed by atoms with E-state index in [2.05, 4.69) is 46.5 Å². The first kappa shape index (κ1) is 15.7. The average Bonchev–Trinajstić information content (AvgIpc) is 2.83. The fourth-order valence-corrected chi connectivity index (χ4v) is 3.67. The molecule has 3 aromatic rings. The Morgan fingerprint density at radius 2 is 1.96 bits per heavy atom. The molecule has 2 heterocycles. The van der Waals surface area contributed by atoms with E-state index in [1.54, 1.807) is 11.3 Å². The minimum Gasteiger partial charge on any atom is -0.375 e. The molecule has 2 aromatic heterocycles. The number of benzene rings is 1. The molecule has 0 aliphatic rings. The van der Waals surface area contributed by atoms with E-state index in [0.717, 1.165) is 32.8 Å². The normalized spacial score (nSPS) is 12.5. The molecule has 23 heavy (non-hydrogen) atoms. The lowest BCUT2D eigenvalue weighted by Crippen LogP contribution is -2.17. The summed E-state index contributed by atoms with van der Waals surface area (Å²) in [6.45, 7) is 8.14. The van der Waals surface area contributed by atoms with Crippen LogP contribution in [-0.4, -0.2) is 9.97 Å². The molecule has 0 saturated carbocycles. The molecule has 0 spiro atoms. The third-order valence-corrected chi connectivity index (χ3v) is 5.31. The number of thiophene rings is 1. The summed E-state index contributed by atoms with van der Waals surface area (Å²) in [6, 6.07) is 8.28. The van der Waals surface area contributed by atoms with E-state index in [4.69, 9.17) is 0 Å². The molecule has 0 amide bonds. The zero-order valence-corrected chi connectivity index (χ0v) is 14.7. The van der Waals surface area contributed by atoms with Crippen LogP contribution in [0.25, 0.3) is 10.2 Å². The fraction of sp³-hybridized carbons (Fsp3) is 0.333. The molecule has 120 valence electrons. The SMILES string of the molecule is CCc1ccc(NC(C)c2nc3sc(C)c(C)c3c(=O)[nH]2)cc1. The molecule has 4 nitrogen and oxygen atoms in total. The first-order chi connectivity index (χ1) is 11.0. The third kappa shape index (κ3) is 3.01. The van der Waals surface area contributed by atoms with Crippen molar-refractivity contribution < 1.29 is 0 Å². The average molecular weight is 327 g/mol. The van der Waals surface area contributed by atoms with Gasteiger partial charge in [0.25, 0.3) is 5.56 Å². The summed E-state index contributed by atoms with van der Waals surface area (Å²) in [5.74, 6) is 0.670. The Bertz CT molecular complexity index is 893. The van der Waals surface area contributed by atoms with Crippen molar-refractivity contribution in [2.75, 3.05) is 5.32 Å². The quantitative estimate of drug-likeness (QED) is 0.749. The second-order valence-corrected chi connectivity index (χ2v) is 7.03. The van der Waals surface area contributed by atoms with E-state index < -0.39 is 0 Å². The van der Waals surface area contributed by atoms with Gasteiger partial charge in [-0.1, -0.05) is 19.1 Å². The summed E-state index contributed by atoms with van der Waals surface area (Å²) in [5, 5.41) is 4.11. The maximum absolute atomic E-state index is 12.4. The highest BCUT2D eigenvalue weighted by Crippen LogP contribution is 2.27. The van der Waals surface area contributed by atoms with Crippen LogP contribution in [0.1, 0.15) is 41.7 Å². The number of aryl methyl sites for hydroxylation is 3. The Hall–Kier alpha value is -2.14. The van der Waals surface area contributed by atoms with Crippen LogP contribution in [-0.2, 0) is 6.42 Å². The van der Waals surface area contributed by atoms with Gasteiger partial charge in [0, 0.05) is 10.6 Å². The van der Waals surface area contributed by atoms with E-state index in [1.165, 1.54) is 5.56 Å². The zero-order valence-electron chi connectivity index (χ0n) is 13.9. The minimum atomic E-state index is -0.0673. The van der Waals surface area contributed by atoms with E-state index in [1.807, 2.05) is 20.8 Å². The molecule has 0 fully saturated rings. The van der Waals surface area contributed by atoms with Gasteiger partial charge in [0.2, 0.25) is 0 Å². The van der Waals surface area contributed by atoms with Crippen LogP contribution in [0, 0.1) is 13.8 Å². The second kappa shape index (κ2) is 6.16. The second-order valence-electron chi connectivity index (χ2n) is 5.83. The van der Waals surface area contributed by atoms with E-state index in [0.29, 0.717) is 5.82 Å². The van der Waals surface area contributed by atoms with Gasteiger partial charge in [0.1, 0.15) is 10.7 Å². The van der Waals surface area contributed by atoms with Crippen LogP contribution in [0.3, 0.4) is 0 Å². The number of fused-ring (bicyclic) bond motifs is 1. The Morgan fingerprint density at radius 3 is 2.61 bits per heavy atom. The van der Waals surface area contributed by atoms with E-state index in [9.17, 15) is 4.79 Å². The molecule has 0 radical (unpaired) electrons. The van der Waals surface area contributed by atoms with Crippen molar-refractivity contribution in [3.8, 4) is 0 Å². The molecular formula is C18H21N3OS. The predicted molar refractivity (Wildman–Crippen MR) is 97.6 cm³/mol. The highest BCUT2D eigenvalue weighted by atomic mass is 32.1. The van der Waals surface area contributed by atoms with Crippen LogP contribution >= 0.6 is 11.3 Å². The van der Waals surface area contributed by atoms with Crippen molar-refractivity contribution in [1.29, 1.82) is 0 Å². The van der Waals surface area contributed by atoms with Crippen molar-refractivity contribution in [2.45, 2.75) is 40.2 Å². The van der Waals surface area contributed by atoms with Gasteiger partial charge in [0.15, 0.2) is 0 Å². The van der Waals surface area contributed by atoms with Crippen LogP contribution in [0.4, 0.5) is 5.69 Å². The van der Waals surface area contributed by atoms with Crippen molar-refractivity contribution in [3.63, 3.8) is 0 Å². The number of aromatic nitrogens is 2. The maximum Gasteiger partial charge on any atom is 0.259 e. The third-order valence-electron chi connectivity index (χ3n) is 4.21. The minimum absolute atomic E-state index is 0.0539. The predicted octanol–water partition coefficient (Wildman–Crippen LogP) is 4.34. The molecule has 2 N–H and O–H groups in total. The van der Waals surface area contributed by atoms with Gasteiger partial charge >= 0.3 is 0 Å². The summed E-state index contributed by atoms with van der Waals surface area (Å²) < 4.78 is 0. The van der Waals surface area contributed by atoms with Gasteiger partial charge in [-0.3, -0.25) is 4.79 Å². The highest BCUT2D eigenvalue weighted by Gasteiger charge is 2.15. The number of H-pyrrole nitrogens is 1. The van der Waals surface area contributed by atoms with E-state index >= 15 is 0 Å². The standard InChI is InChI=1S/C18H21N3OS/c1-5-13-6-8-14(9-7-13)19-11(3)16-20-17(22)15-10(2)12(4)23-18(15)21-16/h6-9,11,19H,5H2,1-4H3,(H,20,21,22). The monoisotopic (exact) mass is 327 g/mol. The summed E-state index contributed by atoms with van der Waals surface area (Å²) in [5.41, 5.74) is 3.31. The largest absolute Gasteiger partial charge is 0.375 e. The van der Waals surface area contributed by atoms with Gasteiger partial charge in [-0.05, 0) is 50.5 Å². The number of hydrogen-bond acceptors (Lipinski definition) is 4. The Kier molecular flexibility index (Phi) is 4.22. The highest BCUT2D eigenvalue weighted by molar-refractivity contribution is 7.18. The van der Waals surface area contributed by atoms with Gasteiger partial charge in [-0.25, -0.2) is 4.98 Å². The molecule has 1 atom stereocenters.